The van der Waals surface area contributed by atoms with Crippen LogP contribution in [-0.4, -0.2) is 21.6 Å². The summed E-state index contributed by atoms with van der Waals surface area (Å²) in [6.45, 7) is 1.83. The molecule has 1 aliphatic rings. The SMILES string of the molecule is Oc1ccc2c(c1)CCCN(Nc1ccncc1)C2. The van der Waals surface area contributed by atoms with Crippen molar-refractivity contribution in [1.82, 2.24) is 9.99 Å². The molecule has 4 nitrogen and oxygen atoms in total. The molecule has 0 spiro atoms. The summed E-state index contributed by atoms with van der Waals surface area (Å²) in [5.41, 5.74) is 6.98. The average molecular weight is 255 g/mol. The van der Waals surface area contributed by atoms with E-state index >= 15 is 0 Å². The second kappa shape index (κ2) is 5.28. The van der Waals surface area contributed by atoms with Crippen LogP contribution in [0.15, 0.2) is 42.7 Å². The smallest absolute Gasteiger partial charge is 0.115 e. The lowest BCUT2D eigenvalue weighted by molar-refractivity contribution is 0.327. The molecule has 0 fully saturated rings. The Balaban J connectivity index is 1.77. The van der Waals surface area contributed by atoms with Gasteiger partial charge in [-0.3, -0.25) is 4.98 Å². The zero-order chi connectivity index (χ0) is 13.1. The van der Waals surface area contributed by atoms with Gasteiger partial charge in [-0.05, 0) is 48.2 Å². The molecule has 0 bridgehead atoms. The van der Waals surface area contributed by atoms with Gasteiger partial charge in [0, 0.05) is 25.5 Å². The van der Waals surface area contributed by atoms with Crippen molar-refractivity contribution in [3.05, 3.63) is 53.9 Å². The van der Waals surface area contributed by atoms with Crippen LogP contribution < -0.4 is 5.43 Å². The van der Waals surface area contributed by atoms with Crippen LogP contribution in [0.1, 0.15) is 17.5 Å². The third kappa shape index (κ3) is 2.85. The van der Waals surface area contributed by atoms with E-state index in [0.717, 1.165) is 31.6 Å². The molecule has 0 radical (unpaired) electrons. The van der Waals surface area contributed by atoms with E-state index in [1.165, 1.54) is 11.1 Å². The Kier molecular flexibility index (Phi) is 3.33. The van der Waals surface area contributed by atoms with Crippen LogP contribution in [0.4, 0.5) is 5.69 Å². The van der Waals surface area contributed by atoms with Crippen LogP contribution in [0.25, 0.3) is 0 Å². The largest absolute Gasteiger partial charge is 0.508 e. The Bertz CT molecular complexity index is 557. The molecule has 19 heavy (non-hydrogen) atoms. The van der Waals surface area contributed by atoms with E-state index in [2.05, 4.69) is 15.4 Å². The van der Waals surface area contributed by atoms with E-state index in [1.54, 1.807) is 18.5 Å². The zero-order valence-corrected chi connectivity index (χ0v) is 10.7. The highest BCUT2D eigenvalue weighted by atomic mass is 16.3. The van der Waals surface area contributed by atoms with Crippen molar-refractivity contribution in [1.29, 1.82) is 0 Å². The van der Waals surface area contributed by atoms with Gasteiger partial charge in [0.1, 0.15) is 5.75 Å². The van der Waals surface area contributed by atoms with E-state index in [9.17, 15) is 5.11 Å². The molecule has 2 heterocycles. The molecule has 1 aliphatic heterocycles. The van der Waals surface area contributed by atoms with E-state index in [0.29, 0.717) is 5.75 Å². The topological polar surface area (TPSA) is 48.4 Å². The summed E-state index contributed by atoms with van der Waals surface area (Å²) in [7, 11) is 0. The summed E-state index contributed by atoms with van der Waals surface area (Å²) in [5, 5.41) is 11.8. The van der Waals surface area contributed by atoms with Crippen LogP contribution in [0, 0.1) is 0 Å². The molecule has 2 N–H and O–H groups in total. The normalized spacial score (nSPS) is 15.6. The van der Waals surface area contributed by atoms with Crippen molar-refractivity contribution in [2.24, 2.45) is 0 Å². The van der Waals surface area contributed by atoms with Crippen LogP contribution in [0.3, 0.4) is 0 Å². The number of nitrogens with one attached hydrogen (secondary N) is 1. The third-order valence-corrected chi connectivity index (χ3v) is 3.39. The minimum absolute atomic E-state index is 0.356. The second-order valence-corrected chi connectivity index (χ2v) is 4.83. The number of pyridine rings is 1. The molecule has 2 aromatic rings. The Morgan fingerprint density at radius 1 is 1.11 bits per heavy atom. The maximum absolute atomic E-state index is 9.54. The van der Waals surface area contributed by atoms with Gasteiger partial charge in [-0.15, -0.1) is 0 Å². The highest BCUT2D eigenvalue weighted by Gasteiger charge is 2.14. The number of hydrogen-bond acceptors (Lipinski definition) is 4. The maximum atomic E-state index is 9.54. The van der Waals surface area contributed by atoms with Crippen molar-refractivity contribution in [3.63, 3.8) is 0 Å². The molecule has 0 atom stereocenters. The van der Waals surface area contributed by atoms with Gasteiger partial charge in [-0.2, -0.15) is 0 Å². The molecule has 0 amide bonds. The fraction of sp³-hybridized carbons (Fsp3) is 0.267. The lowest BCUT2D eigenvalue weighted by Gasteiger charge is -2.22. The Morgan fingerprint density at radius 3 is 2.79 bits per heavy atom. The van der Waals surface area contributed by atoms with Gasteiger partial charge >= 0.3 is 0 Å². The minimum atomic E-state index is 0.356. The van der Waals surface area contributed by atoms with Gasteiger partial charge in [0.05, 0.1) is 5.69 Å². The fourth-order valence-electron chi connectivity index (χ4n) is 2.45. The Morgan fingerprint density at radius 2 is 1.95 bits per heavy atom. The monoisotopic (exact) mass is 255 g/mol. The van der Waals surface area contributed by atoms with Crippen LogP contribution in [0.2, 0.25) is 0 Å². The summed E-state index contributed by atoms with van der Waals surface area (Å²) in [6.07, 6.45) is 5.66. The van der Waals surface area contributed by atoms with Crippen molar-refractivity contribution >= 4 is 5.69 Å². The highest BCUT2D eigenvalue weighted by Crippen LogP contribution is 2.23. The second-order valence-electron chi connectivity index (χ2n) is 4.83. The number of rotatable bonds is 2. The van der Waals surface area contributed by atoms with Gasteiger partial charge in [0.25, 0.3) is 0 Å². The molecule has 4 heteroatoms. The standard InChI is InChI=1S/C15H17N3O/c19-15-4-3-13-11-18(9-1-2-12(13)10-15)17-14-5-7-16-8-6-14/h3-8,10,19H,1-2,9,11H2,(H,16,17). The van der Waals surface area contributed by atoms with Gasteiger partial charge in [-0.1, -0.05) is 6.07 Å². The number of hydrazine groups is 1. The van der Waals surface area contributed by atoms with Gasteiger partial charge in [0.2, 0.25) is 0 Å². The summed E-state index contributed by atoms with van der Waals surface area (Å²) in [6, 6.07) is 9.57. The van der Waals surface area contributed by atoms with Gasteiger partial charge in [-0.25, -0.2) is 5.01 Å². The summed E-state index contributed by atoms with van der Waals surface area (Å²) in [4.78, 5) is 4.02. The first-order valence-electron chi connectivity index (χ1n) is 6.54. The van der Waals surface area contributed by atoms with Gasteiger partial charge < -0.3 is 10.5 Å². The molecule has 0 saturated carbocycles. The first-order valence-corrected chi connectivity index (χ1v) is 6.54. The summed E-state index contributed by atoms with van der Waals surface area (Å²) in [5.74, 6) is 0.356. The number of phenolic OH excluding ortho intramolecular Hbond substituents is 1. The van der Waals surface area contributed by atoms with E-state index < -0.39 is 0 Å². The van der Waals surface area contributed by atoms with Crippen molar-refractivity contribution < 1.29 is 5.11 Å². The van der Waals surface area contributed by atoms with E-state index in [1.807, 2.05) is 24.3 Å². The fourth-order valence-corrected chi connectivity index (χ4v) is 2.45. The number of aromatic nitrogens is 1. The van der Waals surface area contributed by atoms with Crippen molar-refractivity contribution in [3.8, 4) is 5.75 Å². The zero-order valence-electron chi connectivity index (χ0n) is 10.7. The number of anilines is 1. The third-order valence-electron chi connectivity index (χ3n) is 3.39. The lowest BCUT2D eigenvalue weighted by Crippen LogP contribution is -2.29. The number of benzene rings is 1. The van der Waals surface area contributed by atoms with Crippen LogP contribution in [-0.2, 0) is 13.0 Å². The Labute approximate surface area is 112 Å². The quantitative estimate of drug-likeness (QED) is 0.866. The first-order chi connectivity index (χ1) is 9.31. The average Bonchev–Trinajstić information content (AvgIpc) is 2.61. The predicted molar refractivity (Wildman–Crippen MR) is 74.7 cm³/mol. The van der Waals surface area contributed by atoms with Crippen LogP contribution >= 0.6 is 0 Å². The number of phenols is 1. The molecule has 1 aromatic carbocycles. The summed E-state index contributed by atoms with van der Waals surface area (Å²) >= 11 is 0. The first kappa shape index (κ1) is 12.0. The number of aryl methyl sites for hydroxylation is 1. The maximum Gasteiger partial charge on any atom is 0.115 e. The number of nitrogens with zero attached hydrogens (tertiary/aromatic N) is 2. The molecular formula is C15H17N3O. The van der Waals surface area contributed by atoms with E-state index in [-0.39, 0.29) is 0 Å². The number of hydrogen-bond donors (Lipinski definition) is 2. The molecular weight excluding hydrogens is 238 g/mol. The summed E-state index contributed by atoms with van der Waals surface area (Å²) < 4.78 is 0. The van der Waals surface area contributed by atoms with Crippen molar-refractivity contribution in [2.45, 2.75) is 19.4 Å². The van der Waals surface area contributed by atoms with E-state index in [4.69, 9.17) is 0 Å². The molecule has 1 aromatic heterocycles. The highest BCUT2D eigenvalue weighted by molar-refractivity contribution is 5.40. The predicted octanol–water partition coefficient (Wildman–Crippen LogP) is 2.56. The minimum Gasteiger partial charge on any atom is -0.508 e. The number of aromatic hydroxyl groups is 1. The molecule has 3 rings (SSSR count). The van der Waals surface area contributed by atoms with Crippen LogP contribution in [0.5, 0.6) is 5.75 Å². The molecule has 0 saturated heterocycles. The number of fused-ring (bicyclic) bond motifs is 1. The molecule has 0 unspecified atom stereocenters. The van der Waals surface area contributed by atoms with Gasteiger partial charge in [0.15, 0.2) is 0 Å². The van der Waals surface area contributed by atoms with Crippen molar-refractivity contribution in [2.75, 3.05) is 12.0 Å². The lowest BCUT2D eigenvalue weighted by atomic mass is 10.0. The Hall–Kier alpha value is -2.07. The molecule has 0 aliphatic carbocycles. The molecule has 98 valence electrons.